The number of hydrogen-bond acceptors (Lipinski definition) is 4. The Morgan fingerprint density at radius 1 is 1.29 bits per heavy atom. The van der Waals surface area contributed by atoms with E-state index in [2.05, 4.69) is 31.3 Å². The summed E-state index contributed by atoms with van der Waals surface area (Å²) in [4.78, 5) is 30.2. The van der Waals surface area contributed by atoms with Gasteiger partial charge in [0.1, 0.15) is 6.04 Å². The van der Waals surface area contributed by atoms with E-state index in [4.69, 9.17) is 0 Å². The molecule has 3 aromatic rings. The predicted octanol–water partition coefficient (Wildman–Crippen LogP) is 3.45. The SMILES string of the molecule is CN1C(=O)[C@@H](NC(=O)n2cc(Cc3ccc(F)nc3F)cn2)CCc2ccc(Br)cc21. The van der Waals surface area contributed by atoms with Crippen molar-refractivity contribution in [2.45, 2.75) is 25.3 Å². The van der Waals surface area contributed by atoms with Crippen LogP contribution in [0, 0.1) is 11.9 Å². The van der Waals surface area contributed by atoms with Crippen molar-refractivity contribution in [3.05, 3.63) is 75.8 Å². The zero-order chi connectivity index (χ0) is 22.1. The summed E-state index contributed by atoms with van der Waals surface area (Å²) in [6.07, 6.45) is 4.03. The minimum atomic E-state index is -0.907. The van der Waals surface area contributed by atoms with E-state index < -0.39 is 24.0 Å². The first kappa shape index (κ1) is 21.1. The van der Waals surface area contributed by atoms with Crippen LogP contribution in [0.3, 0.4) is 0 Å². The topological polar surface area (TPSA) is 80.1 Å². The number of aryl methyl sites for hydroxylation is 1. The Labute approximate surface area is 185 Å². The average molecular weight is 490 g/mol. The second kappa shape index (κ2) is 8.54. The number of fused-ring (bicyclic) bond motifs is 1. The standard InChI is InChI=1S/C21H18BrF2N5O2/c1-28-17-9-15(22)5-2-13(17)3-6-16(20(28)30)26-21(31)29-11-12(10-25-29)8-14-4-7-18(23)27-19(14)24/h2,4-5,7,9-11,16H,3,6,8H2,1H3,(H,26,31)/t16-/m0/s1. The number of likely N-dealkylation sites (N-methyl/N-ethyl adjacent to an activating group) is 1. The zero-order valence-corrected chi connectivity index (χ0v) is 18.1. The van der Waals surface area contributed by atoms with Crippen molar-refractivity contribution in [1.82, 2.24) is 20.1 Å². The van der Waals surface area contributed by atoms with E-state index >= 15 is 0 Å². The fourth-order valence-electron chi connectivity index (χ4n) is 3.54. The molecule has 7 nitrogen and oxygen atoms in total. The Morgan fingerprint density at radius 2 is 2.10 bits per heavy atom. The fraction of sp³-hybridized carbons (Fsp3) is 0.238. The molecule has 1 aliphatic rings. The Kier molecular flexibility index (Phi) is 5.81. The number of pyridine rings is 1. The van der Waals surface area contributed by atoms with Gasteiger partial charge in [-0.3, -0.25) is 4.79 Å². The van der Waals surface area contributed by atoms with E-state index in [1.54, 1.807) is 7.05 Å². The summed E-state index contributed by atoms with van der Waals surface area (Å²) in [5.74, 6) is -2.03. The monoisotopic (exact) mass is 489 g/mol. The van der Waals surface area contributed by atoms with Crippen LogP contribution in [0.15, 0.2) is 47.2 Å². The van der Waals surface area contributed by atoms with Crippen molar-refractivity contribution in [3.63, 3.8) is 0 Å². The van der Waals surface area contributed by atoms with E-state index in [9.17, 15) is 18.4 Å². The van der Waals surface area contributed by atoms with Gasteiger partial charge in [0.2, 0.25) is 17.8 Å². The van der Waals surface area contributed by atoms with Gasteiger partial charge in [-0.15, -0.1) is 0 Å². The molecule has 31 heavy (non-hydrogen) atoms. The van der Waals surface area contributed by atoms with Gasteiger partial charge in [0.05, 0.1) is 6.20 Å². The summed E-state index contributed by atoms with van der Waals surface area (Å²) in [5.41, 5.74) is 2.55. The molecule has 0 saturated heterocycles. The van der Waals surface area contributed by atoms with Crippen molar-refractivity contribution in [2.75, 3.05) is 11.9 Å². The first-order chi connectivity index (χ1) is 14.8. The number of anilines is 1. The van der Waals surface area contributed by atoms with Crippen LogP contribution in [-0.4, -0.2) is 39.8 Å². The van der Waals surface area contributed by atoms with Crippen LogP contribution in [0.5, 0.6) is 0 Å². The quantitative estimate of drug-likeness (QED) is 0.571. The largest absolute Gasteiger partial charge is 0.342 e. The van der Waals surface area contributed by atoms with Crippen LogP contribution in [0.25, 0.3) is 0 Å². The molecule has 0 unspecified atom stereocenters. The molecule has 1 aromatic carbocycles. The molecule has 3 heterocycles. The number of benzene rings is 1. The molecular weight excluding hydrogens is 472 g/mol. The van der Waals surface area contributed by atoms with E-state index in [1.807, 2.05) is 18.2 Å². The van der Waals surface area contributed by atoms with Gasteiger partial charge in [0.25, 0.3) is 0 Å². The Balaban J connectivity index is 1.46. The van der Waals surface area contributed by atoms with Gasteiger partial charge in [-0.25, -0.2) is 4.79 Å². The molecule has 1 aliphatic heterocycles. The molecule has 0 aliphatic carbocycles. The molecule has 1 atom stereocenters. The van der Waals surface area contributed by atoms with Gasteiger partial charge >= 0.3 is 6.03 Å². The van der Waals surface area contributed by atoms with Crippen LogP contribution in [-0.2, 0) is 17.6 Å². The van der Waals surface area contributed by atoms with E-state index in [0.29, 0.717) is 18.4 Å². The van der Waals surface area contributed by atoms with Crippen molar-refractivity contribution in [1.29, 1.82) is 0 Å². The number of halogens is 3. The summed E-state index contributed by atoms with van der Waals surface area (Å²) in [6, 6.07) is 6.83. The van der Waals surface area contributed by atoms with Gasteiger partial charge < -0.3 is 10.2 Å². The first-order valence-electron chi connectivity index (χ1n) is 9.53. The number of amides is 2. The minimum Gasteiger partial charge on any atom is -0.324 e. The number of hydrogen-bond donors (Lipinski definition) is 1. The Morgan fingerprint density at radius 3 is 2.87 bits per heavy atom. The second-order valence-electron chi connectivity index (χ2n) is 7.26. The van der Waals surface area contributed by atoms with E-state index in [1.165, 1.54) is 23.4 Å². The smallest absolute Gasteiger partial charge is 0.324 e. The highest BCUT2D eigenvalue weighted by Crippen LogP contribution is 2.29. The molecule has 0 fully saturated rings. The first-order valence-corrected chi connectivity index (χ1v) is 10.3. The second-order valence-corrected chi connectivity index (χ2v) is 8.18. The molecule has 10 heteroatoms. The maximum absolute atomic E-state index is 13.8. The minimum absolute atomic E-state index is 0.0989. The van der Waals surface area contributed by atoms with Crippen LogP contribution in [0.1, 0.15) is 23.1 Å². The third-order valence-corrected chi connectivity index (χ3v) is 5.66. The van der Waals surface area contributed by atoms with E-state index in [-0.39, 0.29) is 17.9 Å². The lowest BCUT2D eigenvalue weighted by atomic mass is 10.1. The highest BCUT2D eigenvalue weighted by atomic mass is 79.9. The Hall–Kier alpha value is -3.14. The van der Waals surface area contributed by atoms with Crippen LogP contribution in [0.4, 0.5) is 19.3 Å². The molecule has 0 spiro atoms. The van der Waals surface area contributed by atoms with Gasteiger partial charge in [0, 0.05) is 35.4 Å². The van der Waals surface area contributed by atoms with Crippen molar-refractivity contribution in [2.24, 2.45) is 0 Å². The number of carbonyl (C=O) groups excluding carboxylic acids is 2. The number of aromatic nitrogens is 3. The third-order valence-electron chi connectivity index (χ3n) is 5.17. The predicted molar refractivity (Wildman–Crippen MR) is 113 cm³/mol. The molecule has 1 N–H and O–H groups in total. The summed E-state index contributed by atoms with van der Waals surface area (Å²) in [5, 5.41) is 6.72. The summed E-state index contributed by atoms with van der Waals surface area (Å²) in [7, 11) is 1.68. The Bertz CT molecular complexity index is 1170. The van der Waals surface area contributed by atoms with E-state index in [0.717, 1.165) is 26.5 Å². The van der Waals surface area contributed by atoms with Crippen LogP contribution >= 0.6 is 15.9 Å². The molecule has 2 amide bonds. The summed E-state index contributed by atoms with van der Waals surface area (Å²) >= 11 is 3.42. The normalized spacial score (nSPS) is 16.1. The molecule has 0 bridgehead atoms. The van der Waals surface area contributed by atoms with Gasteiger partial charge in [0.15, 0.2) is 0 Å². The lowest BCUT2D eigenvalue weighted by molar-refractivity contribution is -0.120. The fourth-order valence-corrected chi connectivity index (χ4v) is 3.89. The summed E-state index contributed by atoms with van der Waals surface area (Å²) in [6.45, 7) is 0. The molecule has 2 aromatic heterocycles. The molecule has 160 valence electrons. The highest BCUT2D eigenvalue weighted by molar-refractivity contribution is 9.10. The number of carbonyl (C=O) groups is 2. The van der Waals surface area contributed by atoms with Crippen molar-refractivity contribution < 1.29 is 18.4 Å². The van der Waals surface area contributed by atoms with Crippen LogP contribution < -0.4 is 10.2 Å². The lowest BCUT2D eigenvalue weighted by Crippen LogP contribution is -2.48. The third kappa shape index (κ3) is 4.48. The highest BCUT2D eigenvalue weighted by Gasteiger charge is 2.30. The molecular formula is C21H18BrF2N5O2. The lowest BCUT2D eigenvalue weighted by Gasteiger charge is -2.22. The average Bonchev–Trinajstić information content (AvgIpc) is 3.17. The van der Waals surface area contributed by atoms with Crippen molar-refractivity contribution in [3.8, 4) is 0 Å². The number of nitrogens with one attached hydrogen (secondary N) is 1. The molecule has 0 saturated carbocycles. The van der Waals surface area contributed by atoms with Crippen LogP contribution in [0.2, 0.25) is 0 Å². The van der Waals surface area contributed by atoms with Gasteiger partial charge in [-0.2, -0.15) is 23.5 Å². The van der Waals surface area contributed by atoms with Gasteiger partial charge in [-0.1, -0.05) is 22.0 Å². The number of nitrogens with zero attached hydrogens (tertiary/aromatic N) is 4. The maximum Gasteiger partial charge on any atom is 0.342 e. The molecule has 4 rings (SSSR count). The van der Waals surface area contributed by atoms with Crippen molar-refractivity contribution >= 4 is 33.6 Å². The summed E-state index contributed by atoms with van der Waals surface area (Å²) < 4.78 is 28.7. The number of rotatable bonds is 3. The molecule has 0 radical (unpaired) electrons. The maximum atomic E-state index is 13.8. The zero-order valence-electron chi connectivity index (χ0n) is 16.5. The van der Waals surface area contributed by atoms with Gasteiger partial charge in [-0.05, 0) is 48.2 Å².